The van der Waals surface area contributed by atoms with Crippen LogP contribution in [0.5, 0.6) is 0 Å². The summed E-state index contributed by atoms with van der Waals surface area (Å²) in [5, 5.41) is 3.47. The van der Waals surface area contributed by atoms with Crippen molar-refractivity contribution in [1.29, 1.82) is 0 Å². The fourth-order valence-corrected chi connectivity index (χ4v) is 3.05. The maximum absolute atomic E-state index is 12.7. The van der Waals surface area contributed by atoms with Gasteiger partial charge in [-0.1, -0.05) is 89.9 Å². The van der Waals surface area contributed by atoms with E-state index in [0.717, 1.165) is 12.0 Å². The Morgan fingerprint density at radius 3 is 2.26 bits per heavy atom. The molecule has 1 unspecified atom stereocenters. The summed E-state index contributed by atoms with van der Waals surface area (Å²) in [6.07, 6.45) is 0.162. The van der Waals surface area contributed by atoms with Crippen molar-refractivity contribution in [2.45, 2.75) is 12.6 Å². The van der Waals surface area contributed by atoms with Gasteiger partial charge in [-0.05, 0) is 24.1 Å². The molecule has 0 heterocycles. The standard InChI is InChI=1S/C22H19Cl2NO2/c23-19-13-7-12-18(20(19)24)21(26)25-22(17-10-5-2-6-11-17)27-15-14-16-8-3-1-4-9-16/h1-13,22H,14-15H2,(H,25,26). The summed E-state index contributed by atoms with van der Waals surface area (Å²) in [6.45, 7) is 0.465. The summed E-state index contributed by atoms with van der Waals surface area (Å²) in [6, 6.07) is 24.6. The van der Waals surface area contributed by atoms with Crippen LogP contribution in [0.3, 0.4) is 0 Å². The Bertz CT molecular complexity index is 885. The molecule has 5 heteroatoms. The van der Waals surface area contributed by atoms with Gasteiger partial charge >= 0.3 is 0 Å². The minimum Gasteiger partial charge on any atom is -0.354 e. The number of benzene rings is 3. The number of halogens is 2. The fourth-order valence-electron chi connectivity index (χ4n) is 2.66. The van der Waals surface area contributed by atoms with Crippen LogP contribution in [0.1, 0.15) is 27.7 Å². The lowest BCUT2D eigenvalue weighted by Gasteiger charge is -2.20. The Balaban J connectivity index is 1.72. The van der Waals surface area contributed by atoms with E-state index in [1.54, 1.807) is 18.2 Å². The minimum atomic E-state index is -0.586. The molecule has 0 radical (unpaired) electrons. The van der Waals surface area contributed by atoms with Crippen LogP contribution in [-0.4, -0.2) is 12.5 Å². The largest absolute Gasteiger partial charge is 0.354 e. The van der Waals surface area contributed by atoms with Crippen LogP contribution < -0.4 is 5.32 Å². The zero-order valence-corrected chi connectivity index (χ0v) is 16.1. The zero-order valence-electron chi connectivity index (χ0n) is 14.6. The summed E-state index contributed by atoms with van der Waals surface area (Å²) in [7, 11) is 0. The van der Waals surface area contributed by atoms with Crippen LogP contribution in [0.25, 0.3) is 0 Å². The molecular formula is C22H19Cl2NO2. The van der Waals surface area contributed by atoms with Crippen molar-refractivity contribution < 1.29 is 9.53 Å². The molecule has 1 atom stereocenters. The highest BCUT2D eigenvalue weighted by molar-refractivity contribution is 6.43. The van der Waals surface area contributed by atoms with Gasteiger partial charge in [0.25, 0.3) is 5.91 Å². The smallest absolute Gasteiger partial charge is 0.255 e. The van der Waals surface area contributed by atoms with Crippen molar-refractivity contribution in [3.05, 3.63) is 106 Å². The van der Waals surface area contributed by atoms with E-state index < -0.39 is 6.23 Å². The van der Waals surface area contributed by atoms with Gasteiger partial charge in [0, 0.05) is 5.56 Å². The molecule has 0 fully saturated rings. The maximum Gasteiger partial charge on any atom is 0.255 e. The number of carbonyl (C=O) groups excluding carboxylic acids is 1. The molecule has 0 aliphatic heterocycles. The van der Waals surface area contributed by atoms with E-state index in [0.29, 0.717) is 17.2 Å². The average Bonchev–Trinajstić information content (AvgIpc) is 2.70. The molecular weight excluding hydrogens is 381 g/mol. The molecule has 3 rings (SSSR count). The van der Waals surface area contributed by atoms with Crippen LogP contribution in [0, 0.1) is 0 Å². The van der Waals surface area contributed by atoms with Crippen molar-refractivity contribution in [3.63, 3.8) is 0 Å². The van der Waals surface area contributed by atoms with Crippen molar-refractivity contribution >= 4 is 29.1 Å². The van der Waals surface area contributed by atoms with Crippen molar-refractivity contribution in [1.82, 2.24) is 5.32 Å². The van der Waals surface area contributed by atoms with Gasteiger partial charge in [-0.3, -0.25) is 4.79 Å². The van der Waals surface area contributed by atoms with Gasteiger partial charge < -0.3 is 10.1 Å². The average molecular weight is 400 g/mol. The van der Waals surface area contributed by atoms with E-state index in [1.807, 2.05) is 60.7 Å². The third kappa shape index (κ3) is 5.33. The lowest BCUT2D eigenvalue weighted by Crippen LogP contribution is -2.31. The molecule has 0 aromatic heterocycles. The summed E-state index contributed by atoms with van der Waals surface area (Å²) in [5.41, 5.74) is 2.35. The minimum absolute atomic E-state index is 0.229. The van der Waals surface area contributed by atoms with Gasteiger partial charge in [-0.2, -0.15) is 0 Å². The van der Waals surface area contributed by atoms with E-state index in [9.17, 15) is 4.79 Å². The first kappa shape index (κ1) is 19.4. The van der Waals surface area contributed by atoms with E-state index >= 15 is 0 Å². The second-order valence-corrected chi connectivity index (χ2v) is 6.76. The quantitative estimate of drug-likeness (QED) is 0.518. The molecule has 0 aliphatic carbocycles. The topological polar surface area (TPSA) is 38.3 Å². The monoisotopic (exact) mass is 399 g/mol. The van der Waals surface area contributed by atoms with Crippen LogP contribution in [0.4, 0.5) is 0 Å². The molecule has 27 heavy (non-hydrogen) atoms. The third-order valence-corrected chi connectivity index (χ3v) is 4.90. The Morgan fingerprint density at radius 1 is 0.889 bits per heavy atom. The number of nitrogens with one attached hydrogen (secondary N) is 1. The van der Waals surface area contributed by atoms with Crippen LogP contribution >= 0.6 is 23.2 Å². The van der Waals surface area contributed by atoms with Gasteiger partial charge in [-0.15, -0.1) is 0 Å². The highest BCUT2D eigenvalue weighted by Gasteiger charge is 2.19. The zero-order chi connectivity index (χ0) is 19.1. The summed E-state index contributed by atoms with van der Waals surface area (Å²) >= 11 is 12.2. The van der Waals surface area contributed by atoms with Gasteiger partial charge in [0.2, 0.25) is 0 Å². The van der Waals surface area contributed by atoms with Crippen LogP contribution in [0.15, 0.2) is 78.9 Å². The lowest BCUT2D eigenvalue weighted by molar-refractivity contribution is 0.0282. The number of ether oxygens (including phenoxy) is 1. The SMILES string of the molecule is O=C(NC(OCCc1ccccc1)c1ccccc1)c1cccc(Cl)c1Cl. The Labute approximate surface area is 168 Å². The van der Waals surface area contributed by atoms with E-state index in [4.69, 9.17) is 27.9 Å². The van der Waals surface area contributed by atoms with Gasteiger partial charge in [-0.25, -0.2) is 0 Å². The molecule has 138 valence electrons. The summed E-state index contributed by atoms with van der Waals surface area (Å²) in [5.74, 6) is -0.337. The Morgan fingerprint density at radius 2 is 1.56 bits per heavy atom. The van der Waals surface area contributed by atoms with Crippen molar-refractivity contribution in [3.8, 4) is 0 Å². The van der Waals surface area contributed by atoms with Crippen molar-refractivity contribution in [2.75, 3.05) is 6.61 Å². The molecule has 3 aromatic carbocycles. The van der Waals surface area contributed by atoms with Crippen LogP contribution in [0.2, 0.25) is 10.0 Å². The van der Waals surface area contributed by atoms with E-state index in [-0.39, 0.29) is 10.9 Å². The number of hydrogen-bond donors (Lipinski definition) is 1. The molecule has 0 bridgehead atoms. The normalized spacial score (nSPS) is 11.8. The number of rotatable bonds is 7. The molecule has 0 saturated heterocycles. The molecule has 1 N–H and O–H groups in total. The molecule has 0 spiro atoms. The molecule has 0 aliphatic rings. The predicted molar refractivity (Wildman–Crippen MR) is 109 cm³/mol. The first-order valence-corrected chi connectivity index (χ1v) is 9.36. The van der Waals surface area contributed by atoms with Gasteiger partial charge in [0.1, 0.15) is 0 Å². The molecule has 0 saturated carbocycles. The second kappa shape index (κ2) is 9.56. The van der Waals surface area contributed by atoms with Gasteiger partial charge in [0.15, 0.2) is 6.23 Å². The Kier molecular flexibility index (Phi) is 6.88. The summed E-state index contributed by atoms with van der Waals surface area (Å²) in [4.78, 5) is 12.7. The van der Waals surface area contributed by atoms with Crippen LogP contribution in [-0.2, 0) is 11.2 Å². The number of carbonyl (C=O) groups is 1. The van der Waals surface area contributed by atoms with E-state index in [2.05, 4.69) is 5.32 Å². The molecule has 3 nitrogen and oxygen atoms in total. The molecule has 1 amide bonds. The third-order valence-electron chi connectivity index (χ3n) is 4.08. The van der Waals surface area contributed by atoms with Crippen molar-refractivity contribution in [2.24, 2.45) is 0 Å². The first-order valence-electron chi connectivity index (χ1n) is 8.60. The second-order valence-electron chi connectivity index (χ2n) is 5.97. The predicted octanol–water partition coefficient (Wildman–Crippen LogP) is 5.68. The van der Waals surface area contributed by atoms with E-state index in [1.165, 1.54) is 5.56 Å². The number of hydrogen-bond acceptors (Lipinski definition) is 2. The Hall–Kier alpha value is -2.33. The summed E-state index contributed by atoms with van der Waals surface area (Å²) < 4.78 is 5.99. The van der Waals surface area contributed by atoms with Gasteiger partial charge in [0.05, 0.1) is 22.2 Å². The molecule has 3 aromatic rings. The number of amides is 1. The lowest BCUT2D eigenvalue weighted by atomic mass is 10.1. The maximum atomic E-state index is 12.7. The first-order chi connectivity index (χ1) is 13.1. The fraction of sp³-hybridized carbons (Fsp3) is 0.136. The highest BCUT2D eigenvalue weighted by atomic mass is 35.5. The highest BCUT2D eigenvalue weighted by Crippen LogP contribution is 2.26.